The van der Waals surface area contributed by atoms with E-state index in [2.05, 4.69) is 32.8 Å². The number of hydrogen-bond acceptors (Lipinski definition) is 3. The summed E-state index contributed by atoms with van der Waals surface area (Å²) in [7, 11) is 0. The minimum atomic E-state index is -0.439. The Kier molecular flexibility index (Phi) is 5.17. The van der Waals surface area contributed by atoms with Crippen LogP contribution in [0.2, 0.25) is 0 Å². The fourth-order valence-electron chi connectivity index (χ4n) is 3.17. The maximum absolute atomic E-state index is 9.80. The zero-order valence-electron chi connectivity index (χ0n) is 11.6. The third-order valence-corrected chi connectivity index (χ3v) is 3.70. The Morgan fingerprint density at radius 1 is 1.47 bits per heavy atom. The molecule has 17 heavy (non-hydrogen) atoms. The predicted molar refractivity (Wildman–Crippen MR) is 70.5 cm³/mol. The van der Waals surface area contributed by atoms with Crippen molar-refractivity contribution < 1.29 is 9.94 Å². The molecule has 3 heteroatoms. The first-order chi connectivity index (χ1) is 7.96. The molecule has 0 radical (unpaired) electrons. The van der Waals surface area contributed by atoms with Crippen molar-refractivity contribution in [1.82, 2.24) is 5.48 Å². The molecule has 2 N–H and O–H groups in total. The molecule has 0 saturated carbocycles. The van der Waals surface area contributed by atoms with Gasteiger partial charge in [0.15, 0.2) is 0 Å². The lowest BCUT2D eigenvalue weighted by atomic mass is 9.72. The minimum Gasteiger partial charge on any atom is -0.391 e. The van der Waals surface area contributed by atoms with E-state index in [0.717, 1.165) is 19.3 Å². The highest BCUT2D eigenvalue weighted by Gasteiger charge is 2.49. The van der Waals surface area contributed by atoms with Crippen molar-refractivity contribution in [3.05, 3.63) is 12.7 Å². The van der Waals surface area contributed by atoms with Gasteiger partial charge in [-0.05, 0) is 32.1 Å². The summed E-state index contributed by atoms with van der Waals surface area (Å²) in [5, 5.41) is 9.80. The van der Waals surface area contributed by atoms with E-state index in [4.69, 9.17) is 4.84 Å². The first-order valence-electron chi connectivity index (χ1n) is 6.68. The smallest absolute Gasteiger partial charge is 0.109 e. The van der Waals surface area contributed by atoms with Crippen LogP contribution in [0.1, 0.15) is 47.0 Å². The summed E-state index contributed by atoms with van der Waals surface area (Å²) in [5.41, 5.74) is 3.14. The van der Waals surface area contributed by atoms with Crippen LogP contribution in [0.5, 0.6) is 0 Å². The number of hydrogen-bond donors (Lipinski definition) is 2. The van der Waals surface area contributed by atoms with Crippen LogP contribution in [0.15, 0.2) is 12.7 Å². The Morgan fingerprint density at radius 3 is 2.53 bits per heavy atom. The van der Waals surface area contributed by atoms with Gasteiger partial charge in [0.25, 0.3) is 0 Å². The normalized spacial score (nSPS) is 35.2. The summed E-state index contributed by atoms with van der Waals surface area (Å²) in [5.74, 6) is 0.927. The van der Waals surface area contributed by atoms with E-state index in [1.54, 1.807) is 6.92 Å². The molecule has 0 unspecified atom stereocenters. The monoisotopic (exact) mass is 241 g/mol. The van der Waals surface area contributed by atoms with Gasteiger partial charge in [-0.1, -0.05) is 26.8 Å². The highest BCUT2D eigenvalue weighted by atomic mass is 16.7. The first kappa shape index (κ1) is 14.7. The molecule has 1 fully saturated rings. The SMILES string of the molecule is C=CC[C@]1(CC(C)C)NO[C@@H]([C@@H](C)O)[C@@H]1CC. The van der Waals surface area contributed by atoms with Crippen LogP contribution in [-0.4, -0.2) is 22.9 Å². The standard InChI is InChI=1S/C14H27NO2/c1-6-8-14(9-10(3)4)12(7-2)13(11(5)16)17-15-14/h6,10-13,15-16H,1,7-9H2,2-5H3/t11-,12+,13+,14-/m1/s1. The summed E-state index contributed by atoms with van der Waals surface area (Å²) < 4.78 is 0. The molecule has 1 saturated heterocycles. The molecule has 0 amide bonds. The predicted octanol–water partition coefficient (Wildman–Crippen LogP) is 2.66. The Balaban J connectivity index is 2.92. The van der Waals surface area contributed by atoms with E-state index >= 15 is 0 Å². The molecule has 4 atom stereocenters. The van der Waals surface area contributed by atoms with E-state index in [1.165, 1.54) is 0 Å². The van der Waals surface area contributed by atoms with Crippen molar-refractivity contribution >= 4 is 0 Å². The largest absolute Gasteiger partial charge is 0.391 e. The van der Waals surface area contributed by atoms with Gasteiger partial charge in [-0.25, -0.2) is 0 Å². The molecule has 1 aliphatic heterocycles. The van der Waals surface area contributed by atoms with Crippen molar-refractivity contribution in [2.24, 2.45) is 11.8 Å². The summed E-state index contributed by atoms with van der Waals surface area (Å²) in [4.78, 5) is 5.64. The molecule has 0 bridgehead atoms. The van der Waals surface area contributed by atoms with Crippen LogP contribution in [0, 0.1) is 11.8 Å². The van der Waals surface area contributed by atoms with Gasteiger partial charge < -0.3 is 5.11 Å². The van der Waals surface area contributed by atoms with Gasteiger partial charge in [0, 0.05) is 5.92 Å². The quantitative estimate of drug-likeness (QED) is 0.702. The van der Waals surface area contributed by atoms with E-state index in [0.29, 0.717) is 11.8 Å². The lowest BCUT2D eigenvalue weighted by Crippen LogP contribution is -2.46. The van der Waals surface area contributed by atoms with Gasteiger partial charge in [0.2, 0.25) is 0 Å². The van der Waals surface area contributed by atoms with Gasteiger partial charge in [0.05, 0.1) is 11.6 Å². The van der Waals surface area contributed by atoms with Gasteiger partial charge in [-0.15, -0.1) is 6.58 Å². The highest BCUT2D eigenvalue weighted by Crippen LogP contribution is 2.40. The maximum Gasteiger partial charge on any atom is 0.109 e. The molecule has 0 aromatic heterocycles. The van der Waals surface area contributed by atoms with Gasteiger partial charge >= 0.3 is 0 Å². The van der Waals surface area contributed by atoms with E-state index in [-0.39, 0.29) is 11.6 Å². The Labute approximate surface area is 105 Å². The average Bonchev–Trinajstić information content (AvgIpc) is 2.56. The zero-order chi connectivity index (χ0) is 13.1. The second-order valence-electron chi connectivity index (χ2n) is 5.69. The van der Waals surface area contributed by atoms with Crippen LogP contribution in [0.4, 0.5) is 0 Å². The second-order valence-corrected chi connectivity index (χ2v) is 5.69. The van der Waals surface area contributed by atoms with Crippen LogP contribution in [0.25, 0.3) is 0 Å². The van der Waals surface area contributed by atoms with Crippen LogP contribution in [0.3, 0.4) is 0 Å². The van der Waals surface area contributed by atoms with Gasteiger partial charge in [-0.3, -0.25) is 4.84 Å². The lowest BCUT2D eigenvalue weighted by molar-refractivity contribution is -0.0526. The molecule has 0 aromatic carbocycles. The average molecular weight is 241 g/mol. The Hall–Kier alpha value is -0.380. The summed E-state index contributed by atoms with van der Waals surface area (Å²) in [6.07, 6.45) is 4.33. The van der Waals surface area contributed by atoms with Crippen molar-refractivity contribution in [2.75, 3.05) is 0 Å². The Bertz CT molecular complexity index is 253. The molecular weight excluding hydrogens is 214 g/mol. The molecular formula is C14H27NO2. The maximum atomic E-state index is 9.80. The number of aliphatic hydroxyl groups is 1. The molecule has 1 aliphatic rings. The zero-order valence-corrected chi connectivity index (χ0v) is 11.6. The van der Waals surface area contributed by atoms with Crippen LogP contribution >= 0.6 is 0 Å². The number of aliphatic hydroxyl groups excluding tert-OH is 1. The fourth-order valence-corrected chi connectivity index (χ4v) is 3.17. The lowest BCUT2D eigenvalue weighted by Gasteiger charge is -2.35. The third-order valence-electron chi connectivity index (χ3n) is 3.70. The van der Waals surface area contributed by atoms with Crippen molar-refractivity contribution in [2.45, 2.75) is 64.7 Å². The van der Waals surface area contributed by atoms with E-state index in [9.17, 15) is 5.11 Å². The van der Waals surface area contributed by atoms with Gasteiger partial charge in [0.1, 0.15) is 6.10 Å². The molecule has 0 aromatic rings. The van der Waals surface area contributed by atoms with Crippen LogP contribution in [-0.2, 0) is 4.84 Å². The summed E-state index contributed by atoms with van der Waals surface area (Å²) in [6, 6.07) is 0. The minimum absolute atomic E-state index is 0.0632. The molecule has 1 heterocycles. The molecule has 0 spiro atoms. The first-order valence-corrected chi connectivity index (χ1v) is 6.68. The molecule has 100 valence electrons. The van der Waals surface area contributed by atoms with Gasteiger partial charge in [-0.2, -0.15) is 5.48 Å². The summed E-state index contributed by atoms with van der Waals surface area (Å²) >= 11 is 0. The Morgan fingerprint density at radius 2 is 2.12 bits per heavy atom. The summed E-state index contributed by atoms with van der Waals surface area (Å²) in [6.45, 7) is 12.3. The molecule has 0 aliphatic carbocycles. The van der Waals surface area contributed by atoms with Crippen molar-refractivity contribution in [3.63, 3.8) is 0 Å². The fraction of sp³-hybridized carbons (Fsp3) is 0.857. The van der Waals surface area contributed by atoms with Crippen molar-refractivity contribution in [1.29, 1.82) is 0 Å². The number of rotatable bonds is 6. The number of hydroxylamine groups is 1. The topological polar surface area (TPSA) is 41.5 Å². The molecule has 3 nitrogen and oxygen atoms in total. The van der Waals surface area contributed by atoms with Crippen molar-refractivity contribution in [3.8, 4) is 0 Å². The van der Waals surface area contributed by atoms with E-state index in [1.807, 2.05) is 6.08 Å². The van der Waals surface area contributed by atoms with E-state index < -0.39 is 6.10 Å². The highest BCUT2D eigenvalue weighted by molar-refractivity contribution is 5.04. The second kappa shape index (κ2) is 5.98. The third kappa shape index (κ3) is 3.09. The molecule has 1 rings (SSSR count). The number of nitrogens with one attached hydrogen (secondary N) is 1. The van der Waals surface area contributed by atoms with Crippen LogP contribution < -0.4 is 5.48 Å².